The number of hydrogen-bond donors (Lipinski definition) is 0. The van der Waals surface area contributed by atoms with Crippen molar-refractivity contribution >= 4 is 17.0 Å². The van der Waals surface area contributed by atoms with Crippen LogP contribution in [-0.4, -0.2) is 55.8 Å². The van der Waals surface area contributed by atoms with Crippen molar-refractivity contribution in [3.8, 4) is 5.88 Å². The first-order valence-electron chi connectivity index (χ1n) is 9.22. The zero-order valence-electron chi connectivity index (χ0n) is 15.5. The molecule has 4 rings (SSSR count). The minimum Gasteiger partial charge on any atom is -0.476 e. The van der Waals surface area contributed by atoms with Crippen molar-refractivity contribution in [2.45, 2.75) is 32.7 Å². The van der Waals surface area contributed by atoms with Gasteiger partial charge in [-0.1, -0.05) is 0 Å². The molecule has 28 heavy (non-hydrogen) atoms. The Hall–Kier alpha value is -2.91. The third-order valence-electron chi connectivity index (χ3n) is 4.78. The lowest BCUT2D eigenvalue weighted by molar-refractivity contribution is 0.123. The van der Waals surface area contributed by atoms with Gasteiger partial charge in [0.25, 0.3) is 6.43 Å². The molecule has 8 nitrogen and oxygen atoms in total. The SMILES string of the molecule is Cc1nccnc1OCC1CCCN(c2cnc3cnn(CC(F)F)c3n2)C1. The third-order valence-corrected chi connectivity index (χ3v) is 4.78. The molecule has 1 unspecified atom stereocenters. The molecule has 0 spiro atoms. The predicted molar refractivity (Wildman–Crippen MR) is 98.5 cm³/mol. The van der Waals surface area contributed by atoms with E-state index in [4.69, 9.17) is 4.74 Å². The number of rotatable bonds is 6. The molecule has 0 N–H and O–H groups in total. The molecule has 4 heterocycles. The number of aromatic nitrogens is 6. The van der Waals surface area contributed by atoms with Gasteiger partial charge in [0.1, 0.15) is 17.9 Å². The molecule has 0 aliphatic carbocycles. The first-order chi connectivity index (χ1) is 13.6. The smallest absolute Gasteiger partial charge is 0.258 e. The lowest BCUT2D eigenvalue weighted by atomic mass is 9.99. The van der Waals surface area contributed by atoms with E-state index in [-0.39, 0.29) is 0 Å². The quantitative estimate of drug-likeness (QED) is 0.641. The third kappa shape index (κ3) is 4.00. The monoisotopic (exact) mass is 389 g/mol. The van der Waals surface area contributed by atoms with E-state index in [0.717, 1.165) is 31.6 Å². The van der Waals surface area contributed by atoms with Crippen molar-refractivity contribution in [2.75, 3.05) is 24.6 Å². The summed E-state index contributed by atoms with van der Waals surface area (Å²) in [6.45, 7) is 3.50. The van der Waals surface area contributed by atoms with E-state index in [1.54, 1.807) is 18.6 Å². The second kappa shape index (κ2) is 7.99. The van der Waals surface area contributed by atoms with Crippen LogP contribution < -0.4 is 9.64 Å². The average molecular weight is 389 g/mol. The maximum Gasteiger partial charge on any atom is 0.258 e. The van der Waals surface area contributed by atoms with E-state index in [1.807, 2.05) is 6.92 Å². The van der Waals surface area contributed by atoms with Crippen LogP contribution >= 0.6 is 0 Å². The van der Waals surface area contributed by atoms with Crippen molar-refractivity contribution in [1.82, 2.24) is 29.7 Å². The van der Waals surface area contributed by atoms with E-state index < -0.39 is 13.0 Å². The molecular formula is C18H21F2N7O. The molecule has 1 aliphatic heterocycles. The summed E-state index contributed by atoms with van der Waals surface area (Å²) < 4.78 is 32.5. The Morgan fingerprint density at radius 1 is 1.21 bits per heavy atom. The normalized spacial score (nSPS) is 17.4. The Morgan fingerprint density at radius 2 is 2.07 bits per heavy atom. The van der Waals surface area contributed by atoms with Gasteiger partial charge in [-0.3, -0.25) is 4.98 Å². The highest BCUT2D eigenvalue weighted by Gasteiger charge is 2.23. The number of alkyl halides is 2. The van der Waals surface area contributed by atoms with Crippen LogP contribution in [0.5, 0.6) is 5.88 Å². The Bertz CT molecular complexity index is 949. The molecule has 1 fully saturated rings. The molecule has 148 valence electrons. The van der Waals surface area contributed by atoms with Crippen LogP contribution in [0.2, 0.25) is 0 Å². The minimum absolute atomic E-state index is 0.304. The van der Waals surface area contributed by atoms with Crippen LogP contribution in [0.25, 0.3) is 11.2 Å². The summed E-state index contributed by atoms with van der Waals surface area (Å²) in [5, 5.41) is 3.97. The summed E-state index contributed by atoms with van der Waals surface area (Å²) in [7, 11) is 0. The highest BCUT2D eigenvalue weighted by Crippen LogP contribution is 2.24. The second-order valence-electron chi connectivity index (χ2n) is 6.87. The molecule has 0 bridgehead atoms. The molecule has 0 saturated carbocycles. The van der Waals surface area contributed by atoms with Gasteiger partial charge < -0.3 is 9.64 Å². The zero-order valence-corrected chi connectivity index (χ0v) is 15.5. The molecule has 0 radical (unpaired) electrons. The number of hydrogen-bond acceptors (Lipinski definition) is 7. The number of fused-ring (bicyclic) bond motifs is 1. The number of anilines is 1. The topological polar surface area (TPSA) is 81.9 Å². The van der Waals surface area contributed by atoms with E-state index in [0.29, 0.717) is 35.4 Å². The van der Waals surface area contributed by atoms with Crippen LogP contribution in [-0.2, 0) is 6.54 Å². The van der Waals surface area contributed by atoms with Crippen LogP contribution in [0.15, 0.2) is 24.8 Å². The largest absolute Gasteiger partial charge is 0.476 e. The van der Waals surface area contributed by atoms with Gasteiger partial charge in [-0.25, -0.2) is 28.4 Å². The van der Waals surface area contributed by atoms with Gasteiger partial charge in [0.05, 0.1) is 24.7 Å². The maximum atomic E-state index is 12.7. The average Bonchev–Trinajstić information content (AvgIpc) is 3.09. The number of aryl methyl sites for hydroxylation is 1. The summed E-state index contributed by atoms with van der Waals surface area (Å²) in [5.41, 5.74) is 1.66. The standard InChI is InChI=1S/C18H21F2N7O/c1-12-18(22-5-4-21-12)28-11-13-3-2-6-26(9-13)16-8-23-14-7-24-27(10-15(19)20)17(14)25-16/h4-5,7-8,13,15H,2-3,6,9-11H2,1H3. The van der Waals surface area contributed by atoms with Gasteiger partial charge >= 0.3 is 0 Å². The van der Waals surface area contributed by atoms with Gasteiger partial charge in [0.2, 0.25) is 5.88 Å². The molecule has 10 heteroatoms. The minimum atomic E-state index is -2.49. The van der Waals surface area contributed by atoms with Crippen LogP contribution in [0, 0.1) is 12.8 Å². The molecule has 0 aromatic carbocycles. The van der Waals surface area contributed by atoms with Crippen LogP contribution in [0.3, 0.4) is 0 Å². The van der Waals surface area contributed by atoms with Crippen molar-refractivity contribution in [2.24, 2.45) is 5.92 Å². The van der Waals surface area contributed by atoms with Crippen molar-refractivity contribution in [1.29, 1.82) is 0 Å². The van der Waals surface area contributed by atoms with Crippen molar-refractivity contribution in [3.63, 3.8) is 0 Å². The molecule has 0 amide bonds. The van der Waals surface area contributed by atoms with Crippen LogP contribution in [0.4, 0.5) is 14.6 Å². The molecule has 1 atom stereocenters. The Balaban J connectivity index is 1.46. The second-order valence-corrected chi connectivity index (χ2v) is 6.87. The molecular weight excluding hydrogens is 368 g/mol. The van der Waals surface area contributed by atoms with Gasteiger partial charge in [-0.2, -0.15) is 5.10 Å². The molecule has 1 saturated heterocycles. The highest BCUT2D eigenvalue weighted by molar-refractivity contribution is 5.71. The molecule has 3 aromatic heterocycles. The zero-order chi connectivity index (χ0) is 19.5. The van der Waals surface area contributed by atoms with Gasteiger partial charge in [-0.05, 0) is 19.8 Å². The van der Waals surface area contributed by atoms with Gasteiger partial charge in [0.15, 0.2) is 5.65 Å². The summed E-state index contributed by atoms with van der Waals surface area (Å²) in [6, 6.07) is 0. The lowest BCUT2D eigenvalue weighted by Crippen LogP contribution is -2.38. The fraction of sp³-hybridized carbons (Fsp3) is 0.500. The van der Waals surface area contributed by atoms with E-state index in [2.05, 4.69) is 29.9 Å². The Kier molecular flexibility index (Phi) is 5.27. The number of ether oxygens (including phenoxy) is 1. The summed E-state index contributed by atoms with van der Waals surface area (Å²) >= 11 is 0. The highest BCUT2D eigenvalue weighted by atomic mass is 19.3. The lowest BCUT2D eigenvalue weighted by Gasteiger charge is -2.33. The van der Waals surface area contributed by atoms with E-state index >= 15 is 0 Å². The molecule has 1 aliphatic rings. The summed E-state index contributed by atoms with van der Waals surface area (Å²) in [6.07, 6.45) is 5.92. The number of nitrogens with zero attached hydrogens (tertiary/aromatic N) is 7. The maximum absolute atomic E-state index is 12.7. The number of halogens is 2. The van der Waals surface area contributed by atoms with Gasteiger partial charge in [-0.15, -0.1) is 0 Å². The summed E-state index contributed by atoms with van der Waals surface area (Å²) in [4.78, 5) is 19.4. The van der Waals surface area contributed by atoms with Crippen molar-refractivity contribution < 1.29 is 13.5 Å². The number of piperidine rings is 1. The Morgan fingerprint density at radius 3 is 2.89 bits per heavy atom. The molecule has 3 aromatic rings. The van der Waals surface area contributed by atoms with Crippen LogP contribution in [0.1, 0.15) is 18.5 Å². The van der Waals surface area contributed by atoms with Crippen molar-refractivity contribution in [3.05, 3.63) is 30.5 Å². The van der Waals surface area contributed by atoms with E-state index in [1.165, 1.54) is 10.9 Å². The predicted octanol–water partition coefficient (Wildman–Crippen LogP) is 2.49. The first-order valence-corrected chi connectivity index (χ1v) is 9.22. The first kappa shape index (κ1) is 18.5. The van der Waals surface area contributed by atoms with Gasteiger partial charge in [0, 0.05) is 31.4 Å². The fourth-order valence-electron chi connectivity index (χ4n) is 3.40. The fourth-order valence-corrected chi connectivity index (χ4v) is 3.40. The van der Waals surface area contributed by atoms with E-state index in [9.17, 15) is 8.78 Å². The Labute approximate surface area is 160 Å². The summed E-state index contributed by atoms with van der Waals surface area (Å²) in [5.74, 6) is 1.53.